The number of hydrogen-bond donors (Lipinski definition) is 1. The monoisotopic (exact) mass is 849 g/mol. The van der Waals surface area contributed by atoms with E-state index in [1.807, 2.05) is 68.2 Å². The van der Waals surface area contributed by atoms with Gasteiger partial charge in [-0.05, 0) is 77.5 Å². The van der Waals surface area contributed by atoms with Gasteiger partial charge in [-0.2, -0.15) is 20.5 Å². The van der Waals surface area contributed by atoms with Crippen LogP contribution in [0.15, 0.2) is 34.4 Å². The van der Waals surface area contributed by atoms with Gasteiger partial charge >= 0.3 is 0 Å². The molecule has 15 nitrogen and oxygen atoms in total. The molecule has 0 aromatic carbocycles. The maximum Gasteiger partial charge on any atom is 0.185 e. The molecule has 0 saturated carbocycles. The molecule has 2 aliphatic heterocycles. The summed E-state index contributed by atoms with van der Waals surface area (Å²) in [6.45, 7) is 38.2. The summed E-state index contributed by atoms with van der Waals surface area (Å²) in [5, 5.41) is 27.4. The van der Waals surface area contributed by atoms with Crippen LogP contribution in [-0.4, -0.2) is 99.8 Å². The number of tetrazole rings is 1. The van der Waals surface area contributed by atoms with Crippen molar-refractivity contribution in [2.24, 2.45) is 30.0 Å². The second-order valence-corrected chi connectivity index (χ2v) is 17.9. The lowest BCUT2D eigenvalue weighted by molar-refractivity contribution is 0.122. The van der Waals surface area contributed by atoms with Crippen LogP contribution in [0.2, 0.25) is 0 Å². The third kappa shape index (κ3) is 18.0. The summed E-state index contributed by atoms with van der Waals surface area (Å²) in [6.07, 6.45) is 3.84. The highest BCUT2D eigenvalue weighted by Gasteiger charge is 2.15. The molecule has 1 fully saturated rings. The predicted octanol–water partition coefficient (Wildman–Crippen LogP) is 9.34. The zero-order valence-corrected chi connectivity index (χ0v) is 40.8. The number of nitrogens with zero attached hydrogens (tertiary/aromatic N) is 13. The van der Waals surface area contributed by atoms with Crippen LogP contribution in [0.4, 0.5) is 5.13 Å². The molecule has 7 heterocycles. The van der Waals surface area contributed by atoms with Crippen LogP contribution in [0, 0.1) is 33.6 Å². The number of rotatable bonds is 7. The average molecular weight is 849 g/mol. The van der Waals surface area contributed by atoms with Crippen molar-refractivity contribution in [2.75, 3.05) is 37.7 Å². The van der Waals surface area contributed by atoms with E-state index in [0.29, 0.717) is 35.6 Å². The van der Waals surface area contributed by atoms with Crippen LogP contribution in [0.5, 0.6) is 0 Å². The Morgan fingerprint density at radius 3 is 1.65 bits per heavy atom. The van der Waals surface area contributed by atoms with Gasteiger partial charge in [-0.1, -0.05) is 74.5 Å². The fourth-order valence-electron chi connectivity index (χ4n) is 5.71. The molecule has 1 N–H and O–H groups in total. The van der Waals surface area contributed by atoms with E-state index in [1.165, 1.54) is 27.7 Å². The zero-order valence-electron chi connectivity index (χ0n) is 40.0. The quantitative estimate of drug-likeness (QED) is 0.169. The summed E-state index contributed by atoms with van der Waals surface area (Å²) in [5.41, 5.74) is 7.16. The van der Waals surface area contributed by atoms with Crippen molar-refractivity contribution in [3.8, 4) is 0 Å². The Balaban J connectivity index is 0.000000251. The number of ether oxygens (including phenoxy) is 1. The van der Waals surface area contributed by atoms with Crippen molar-refractivity contribution in [1.82, 2.24) is 54.9 Å². The first-order chi connectivity index (χ1) is 28.2. The van der Waals surface area contributed by atoms with Crippen LogP contribution in [0.25, 0.3) is 0 Å². The summed E-state index contributed by atoms with van der Waals surface area (Å²) < 4.78 is 11.2. The van der Waals surface area contributed by atoms with Crippen LogP contribution < -0.4 is 4.90 Å². The molecule has 16 heteroatoms. The van der Waals surface area contributed by atoms with Gasteiger partial charge < -0.3 is 9.64 Å². The van der Waals surface area contributed by atoms with Crippen molar-refractivity contribution in [3.63, 3.8) is 0 Å². The minimum Gasteiger partial charge on any atom is -0.378 e. The molecule has 0 atom stereocenters. The minimum absolute atomic E-state index is 0.369. The van der Waals surface area contributed by atoms with Gasteiger partial charge in [0.25, 0.3) is 0 Å². The molecular weight excluding hydrogens is 773 g/mol. The van der Waals surface area contributed by atoms with Gasteiger partial charge in [-0.3, -0.25) is 19.0 Å². The first-order valence-electron chi connectivity index (χ1n) is 21.3. The van der Waals surface area contributed by atoms with Crippen LogP contribution in [0.3, 0.4) is 0 Å². The molecule has 5 aromatic heterocycles. The highest BCUT2D eigenvalue weighted by molar-refractivity contribution is 7.15. The molecule has 5 aromatic rings. The number of morpholine rings is 1. The molecule has 60 heavy (non-hydrogen) atoms. The maximum absolute atomic E-state index is 5.31. The fourth-order valence-corrected chi connectivity index (χ4v) is 6.68. The Labute approximate surface area is 364 Å². The normalized spacial score (nSPS) is 13.3. The lowest BCUT2D eigenvalue weighted by atomic mass is 10.1. The Kier molecular flexibility index (Phi) is 22.3. The van der Waals surface area contributed by atoms with E-state index in [0.717, 1.165) is 61.0 Å². The average Bonchev–Trinajstić information content (AvgIpc) is 4.04. The Morgan fingerprint density at radius 1 is 0.700 bits per heavy atom. The zero-order chi connectivity index (χ0) is 45.1. The minimum atomic E-state index is 0.369. The topological polar surface area (TPSA) is 158 Å². The van der Waals surface area contributed by atoms with Crippen LogP contribution in [-0.2, 0) is 18.8 Å². The largest absolute Gasteiger partial charge is 0.378 e. The number of aromatic nitrogens is 11. The van der Waals surface area contributed by atoms with Crippen LogP contribution >= 0.6 is 11.3 Å². The fraction of sp³-hybridized carbons (Fsp3) is 0.659. The summed E-state index contributed by atoms with van der Waals surface area (Å²) in [5.74, 6) is 4.32. The van der Waals surface area contributed by atoms with Crippen molar-refractivity contribution in [1.29, 1.82) is 0 Å². The third-order valence-electron chi connectivity index (χ3n) is 9.20. The first-order valence-corrected chi connectivity index (χ1v) is 22.2. The Morgan fingerprint density at radius 2 is 1.35 bits per heavy atom. The van der Waals surface area contributed by atoms with E-state index >= 15 is 0 Å². The molecule has 0 spiro atoms. The van der Waals surface area contributed by atoms with Crippen molar-refractivity contribution >= 4 is 28.5 Å². The van der Waals surface area contributed by atoms with Gasteiger partial charge in [-0.25, -0.2) is 9.98 Å². The van der Waals surface area contributed by atoms with Gasteiger partial charge in [0.2, 0.25) is 0 Å². The number of aliphatic imine (C=N–C) groups is 2. The van der Waals surface area contributed by atoms with E-state index in [-0.39, 0.29) is 0 Å². The molecule has 0 unspecified atom stereocenters. The molecule has 2 aliphatic rings. The number of thiazole rings is 1. The molecule has 0 bridgehead atoms. The van der Waals surface area contributed by atoms with E-state index in [2.05, 4.69) is 157 Å². The number of aromatic amines is 1. The molecule has 7 rings (SSSR count). The highest BCUT2D eigenvalue weighted by atomic mass is 32.1. The summed E-state index contributed by atoms with van der Waals surface area (Å²) in [7, 11) is 3.96. The summed E-state index contributed by atoms with van der Waals surface area (Å²) in [4.78, 5) is 16.3. The number of hydrogen-bond acceptors (Lipinski definition) is 12. The molecule has 1 saturated heterocycles. The first kappa shape index (κ1) is 51.6. The van der Waals surface area contributed by atoms with Gasteiger partial charge in [0.1, 0.15) is 5.84 Å². The van der Waals surface area contributed by atoms with E-state index in [1.54, 1.807) is 11.3 Å². The maximum atomic E-state index is 5.31. The lowest BCUT2D eigenvalue weighted by Gasteiger charge is -2.26. The van der Waals surface area contributed by atoms with Crippen molar-refractivity contribution in [2.45, 2.75) is 140 Å². The lowest BCUT2D eigenvalue weighted by Crippen LogP contribution is -2.36. The number of H-pyrrole nitrogens is 1. The van der Waals surface area contributed by atoms with E-state index < -0.39 is 0 Å². The second kappa shape index (κ2) is 25.9. The Hall–Kier alpha value is -4.57. The number of aryl methyl sites for hydroxylation is 6. The van der Waals surface area contributed by atoms with Gasteiger partial charge in [-0.15, -0.1) is 21.5 Å². The van der Waals surface area contributed by atoms with Crippen molar-refractivity contribution < 1.29 is 4.74 Å². The molecule has 0 aliphatic carbocycles. The third-order valence-corrected chi connectivity index (χ3v) is 10.6. The smallest absolute Gasteiger partial charge is 0.185 e. The molecule has 0 radical (unpaired) electrons. The van der Waals surface area contributed by atoms with Crippen molar-refractivity contribution in [3.05, 3.63) is 69.3 Å². The van der Waals surface area contributed by atoms with E-state index in [9.17, 15) is 0 Å². The molecule has 334 valence electrons. The highest BCUT2D eigenvalue weighted by Crippen LogP contribution is 2.28. The Bertz CT molecular complexity index is 1900. The van der Waals surface area contributed by atoms with Gasteiger partial charge in [0.15, 0.2) is 11.0 Å². The second-order valence-electron chi connectivity index (χ2n) is 16.8. The standard InChI is InChI=1S/C10H16N2OS.3C8H14N2.C6H10N2.C4H8N4/c1-8(2)9-7-11-10(14-9)12-3-5-13-6-4-12;1-6(2)8-5-7(3)10(4)9-8;1-6(2)8-5-7(3)9-10(8)4;1-6(2)10-8(4)5-7(3)9-10;1-5(2)6-7-3-4-8-6;1-3(2)4-5-7-8-6-4/h7-8H,3-6H2,1-2H3;3*5-6H,1-4H3;3,5H,4H2,1-2H3;3H,1-2H3,(H,5,6,7,8). The van der Waals surface area contributed by atoms with Gasteiger partial charge in [0.05, 0.1) is 36.8 Å². The molecule has 0 amide bonds. The number of amidine groups is 1. The molecular formula is C44H76N14OS. The SMILES string of the molecule is CC(C)C1=NCC=N1.CC(C)c1cnc(N2CCOCC2)s1.CC(C)c1nn[nH]n1.Cc1cc(C(C)C)n(C)n1.Cc1cc(C(C)C)nn1C.Cc1cc(C)n(C(C)C)n1. The van der Waals surface area contributed by atoms with Gasteiger partial charge in [0, 0.05) is 79.4 Å². The summed E-state index contributed by atoms with van der Waals surface area (Å²) in [6, 6.07) is 6.84. The van der Waals surface area contributed by atoms with Crippen LogP contribution in [0.1, 0.15) is 158 Å². The number of anilines is 1. The van der Waals surface area contributed by atoms with E-state index in [4.69, 9.17) is 4.74 Å². The predicted molar refractivity (Wildman–Crippen MR) is 249 cm³/mol. The number of nitrogens with one attached hydrogen (secondary N) is 1. The summed E-state index contributed by atoms with van der Waals surface area (Å²) >= 11 is 1.81.